The molecule has 0 unspecified atom stereocenters. The van der Waals surface area contributed by atoms with E-state index in [-0.39, 0.29) is 11.4 Å². The van der Waals surface area contributed by atoms with Crippen LogP contribution in [-0.2, 0) is 11.3 Å². The lowest BCUT2D eigenvalue weighted by molar-refractivity contribution is -0.113. The van der Waals surface area contributed by atoms with Crippen molar-refractivity contribution in [2.45, 2.75) is 11.7 Å². The molecule has 0 radical (unpaired) electrons. The van der Waals surface area contributed by atoms with Gasteiger partial charge in [0.25, 0.3) is 0 Å². The van der Waals surface area contributed by atoms with Crippen molar-refractivity contribution in [3.63, 3.8) is 0 Å². The van der Waals surface area contributed by atoms with Gasteiger partial charge in [-0.2, -0.15) is 0 Å². The molecular weight excluding hydrogens is 450 g/mol. The Labute approximate surface area is 173 Å². The molecule has 1 N–H and O–H groups in total. The zero-order valence-electron chi connectivity index (χ0n) is 14.5. The number of anilines is 1. The molecule has 0 fully saturated rings. The highest BCUT2D eigenvalue weighted by Gasteiger charge is 2.15. The number of aromatic nitrogens is 3. The van der Waals surface area contributed by atoms with Crippen molar-refractivity contribution in [1.29, 1.82) is 0 Å². The van der Waals surface area contributed by atoms with Crippen LogP contribution in [0.2, 0.25) is 0 Å². The van der Waals surface area contributed by atoms with Crippen molar-refractivity contribution in [2.75, 3.05) is 11.1 Å². The number of amides is 1. The number of nitrogens with zero attached hydrogens (tertiary/aromatic N) is 3. The van der Waals surface area contributed by atoms with E-state index in [1.165, 1.54) is 17.8 Å². The molecule has 0 atom stereocenters. The van der Waals surface area contributed by atoms with Crippen molar-refractivity contribution in [2.24, 2.45) is 0 Å². The number of hydrogen-bond donors (Lipinski definition) is 1. The standard InChI is InChI=1S/C19H15BrF2N4OS/c1-2-9-26-18(12-3-5-13(20)6-4-12)24-25-19(26)28-11-17(27)23-16-8-7-14(21)10-15(16)22/h2-8,10H,1,9,11H2,(H,23,27). The maximum Gasteiger partial charge on any atom is 0.234 e. The van der Waals surface area contributed by atoms with E-state index in [9.17, 15) is 13.6 Å². The Morgan fingerprint density at radius 3 is 2.64 bits per heavy atom. The topological polar surface area (TPSA) is 59.8 Å². The summed E-state index contributed by atoms with van der Waals surface area (Å²) in [7, 11) is 0. The first-order valence-electron chi connectivity index (χ1n) is 8.15. The van der Waals surface area contributed by atoms with Gasteiger partial charge in [0.1, 0.15) is 11.6 Å². The van der Waals surface area contributed by atoms with Gasteiger partial charge in [-0.1, -0.05) is 45.9 Å². The predicted molar refractivity (Wildman–Crippen MR) is 109 cm³/mol. The largest absolute Gasteiger partial charge is 0.323 e. The van der Waals surface area contributed by atoms with Crippen LogP contribution in [0.15, 0.2) is 64.7 Å². The zero-order valence-corrected chi connectivity index (χ0v) is 16.9. The van der Waals surface area contributed by atoms with Crippen LogP contribution in [0, 0.1) is 11.6 Å². The number of halogens is 3. The summed E-state index contributed by atoms with van der Waals surface area (Å²) in [6.45, 7) is 4.22. The molecule has 0 spiro atoms. The van der Waals surface area contributed by atoms with Crippen LogP contribution < -0.4 is 5.32 Å². The Bertz CT molecular complexity index is 1010. The molecule has 1 heterocycles. The van der Waals surface area contributed by atoms with Crippen LogP contribution in [0.25, 0.3) is 11.4 Å². The van der Waals surface area contributed by atoms with Gasteiger partial charge in [0.15, 0.2) is 11.0 Å². The van der Waals surface area contributed by atoms with Crippen LogP contribution in [-0.4, -0.2) is 26.4 Å². The number of allylic oxidation sites excluding steroid dienone is 1. The average molecular weight is 465 g/mol. The minimum Gasteiger partial charge on any atom is -0.323 e. The molecule has 0 aliphatic heterocycles. The number of benzene rings is 2. The molecule has 5 nitrogen and oxygen atoms in total. The quantitative estimate of drug-likeness (QED) is 0.398. The molecule has 3 aromatic rings. The van der Waals surface area contributed by atoms with Crippen LogP contribution in [0.1, 0.15) is 0 Å². The van der Waals surface area contributed by atoms with Gasteiger partial charge in [-0.05, 0) is 24.3 Å². The number of carbonyl (C=O) groups is 1. The van der Waals surface area contributed by atoms with E-state index in [1.807, 2.05) is 28.8 Å². The maximum atomic E-state index is 13.7. The number of rotatable bonds is 7. The molecule has 144 valence electrons. The SMILES string of the molecule is C=CCn1c(SCC(=O)Nc2ccc(F)cc2F)nnc1-c1ccc(Br)cc1. The van der Waals surface area contributed by atoms with Crippen molar-refractivity contribution < 1.29 is 13.6 Å². The van der Waals surface area contributed by atoms with Crippen LogP contribution in [0.5, 0.6) is 0 Å². The van der Waals surface area contributed by atoms with Crippen LogP contribution in [0.4, 0.5) is 14.5 Å². The first-order chi connectivity index (χ1) is 13.5. The van der Waals surface area contributed by atoms with Gasteiger partial charge in [0, 0.05) is 22.6 Å². The number of nitrogens with one attached hydrogen (secondary N) is 1. The Kier molecular flexibility index (Phi) is 6.58. The van der Waals surface area contributed by atoms with Gasteiger partial charge >= 0.3 is 0 Å². The fraction of sp³-hybridized carbons (Fsp3) is 0.105. The molecule has 3 rings (SSSR count). The van der Waals surface area contributed by atoms with E-state index in [0.717, 1.165) is 16.1 Å². The highest BCUT2D eigenvalue weighted by Crippen LogP contribution is 2.25. The van der Waals surface area contributed by atoms with Crippen molar-refractivity contribution >= 4 is 39.3 Å². The first kappa shape index (κ1) is 20.2. The molecular formula is C19H15BrF2N4OS. The fourth-order valence-corrected chi connectivity index (χ4v) is 3.42. The minimum atomic E-state index is -0.828. The molecule has 0 aliphatic rings. The van der Waals surface area contributed by atoms with E-state index in [2.05, 4.69) is 38.0 Å². The van der Waals surface area contributed by atoms with Gasteiger partial charge in [-0.3, -0.25) is 9.36 Å². The van der Waals surface area contributed by atoms with E-state index in [4.69, 9.17) is 0 Å². The predicted octanol–water partition coefficient (Wildman–Crippen LogP) is 4.90. The summed E-state index contributed by atoms with van der Waals surface area (Å²) in [5, 5.41) is 11.3. The van der Waals surface area contributed by atoms with Gasteiger partial charge in [-0.15, -0.1) is 16.8 Å². The molecule has 2 aromatic carbocycles. The van der Waals surface area contributed by atoms with E-state index in [1.54, 1.807) is 6.08 Å². The lowest BCUT2D eigenvalue weighted by atomic mass is 10.2. The molecule has 1 aromatic heterocycles. The second kappa shape index (κ2) is 9.11. The molecule has 0 aliphatic carbocycles. The maximum absolute atomic E-state index is 13.7. The van der Waals surface area contributed by atoms with E-state index < -0.39 is 17.5 Å². The van der Waals surface area contributed by atoms with Gasteiger partial charge in [0.2, 0.25) is 5.91 Å². The summed E-state index contributed by atoms with van der Waals surface area (Å²) < 4.78 is 29.4. The molecule has 0 saturated heterocycles. The van der Waals surface area contributed by atoms with Gasteiger partial charge in [0.05, 0.1) is 11.4 Å². The summed E-state index contributed by atoms with van der Waals surface area (Å²) in [4.78, 5) is 12.1. The van der Waals surface area contributed by atoms with Gasteiger partial charge in [-0.25, -0.2) is 8.78 Å². The highest BCUT2D eigenvalue weighted by atomic mass is 79.9. The Morgan fingerprint density at radius 2 is 1.96 bits per heavy atom. The number of thioether (sulfide) groups is 1. The number of carbonyl (C=O) groups excluding carboxylic acids is 1. The molecule has 0 bridgehead atoms. The summed E-state index contributed by atoms with van der Waals surface area (Å²) >= 11 is 4.56. The fourth-order valence-electron chi connectivity index (χ4n) is 2.41. The normalized spacial score (nSPS) is 10.7. The minimum absolute atomic E-state index is 0.00751. The first-order valence-corrected chi connectivity index (χ1v) is 9.93. The highest BCUT2D eigenvalue weighted by molar-refractivity contribution is 9.10. The van der Waals surface area contributed by atoms with Crippen LogP contribution >= 0.6 is 27.7 Å². The Hall–Kier alpha value is -2.52. The summed E-state index contributed by atoms with van der Waals surface area (Å²) in [5.74, 6) is -1.32. The van der Waals surface area contributed by atoms with Gasteiger partial charge < -0.3 is 5.32 Å². The number of hydrogen-bond acceptors (Lipinski definition) is 4. The molecule has 0 saturated carbocycles. The smallest absolute Gasteiger partial charge is 0.234 e. The Balaban J connectivity index is 1.72. The molecule has 1 amide bonds. The third-order valence-electron chi connectivity index (χ3n) is 3.67. The lowest BCUT2D eigenvalue weighted by Gasteiger charge is -2.09. The third kappa shape index (κ3) is 4.85. The van der Waals surface area contributed by atoms with E-state index in [0.29, 0.717) is 23.6 Å². The summed E-state index contributed by atoms with van der Waals surface area (Å²) in [6.07, 6.45) is 1.71. The van der Waals surface area contributed by atoms with Crippen molar-refractivity contribution in [1.82, 2.24) is 14.8 Å². The summed E-state index contributed by atoms with van der Waals surface area (Å²) in [5.41, 5.74) is 0.803. The molecule has 9 heteroatoms. The van der Waals surface area contributed by atoms with Crippen LogP contribution in [0.3, 0.4) is 0 Å². The molecule has 28 heavy (non-hydrogen) atoms. The average Bonchev–Trinajstić information content (AvgIpc) is 3.06. The second-order valence-electron chi connectivity index (χ2n) is 5.67. The Morgan fingerprint density at radius 1 is 1.21 bits per heavy atom. The third-order valence-corrected chi connectivity index (χ3v) is 5.16. The van der Waals surface area contributed by atoms with Crippen molar-refractivity contribution in [3.8, 4) is 11.4 Å². The lowest BCUT2D eigenvalue weighted by Crippen LogP contribution is -2.15. The monoisotopic (exact) mass is 464 g/mol. The van der Waals surface area contributed by atoms with Crippen molar-refractivity contribution in [3.05, 3.63) is 71.2 Å². The van der Waals surface area contributed by atoms with E-state index >= 15 is 0 Å². The summed E-state index contributed by atoms with van der Waals surface area (Å²) in [6, 6.07) is 10.6. The zero-order chi connectivity index (χ0) is 20.1. The second-order valence-corrected chi connectivity index (χ2v) is 7.53.